The molecule has 4 saturated heterocycles. The molecule has 0 bridgehead atoms. The molecule has 0 spiro atoms. The molecule has 0 aliphatic carbocycles. The van der Waals surface area contributed by atoms with Crippen molar-refractivity contribution in [3.05, 3.63) is 16.9 Å². The van der Waals surface area contributed by atoms with Gasteiger partial charge in [-0.05, 0) is 42.5 Å². The van der Waals surface area contributed by atoms with Gasteiger partial charge in [0.25, 0.3) is 0 Å². The maximum absolute atomic E-state index is 13.7. The van der Waals surface area contributed by atoms with Crippen LogP contribution in [0.4, 0.5) is 0 Å². The van der Waals surface area contributed by atoms with Gasteiger partial charge in [0.1, 0.15) is 18.6 Å². The first kappa shape index (κ1) is 31.8. The summed E-state index contributed by atoms with van der Waals surface area (Å²) in [6.45, 7) is 7.34. The third-order valence-corrected chi connectivity index (χ3v) is 11.6. The number of hydrogen-bond acceptors (Lipinski definition) is 12. The number of carbonyl (C=O) groups is 4. The number of nitrogens with two attached hydrogens (primary N) is 1. The number of likely N-dealkylation sites (tertiary alicyclic amines) is 2. The van der Waals surface area contributed by atoms with Crippen molar-refractivity contribution >= 4 is 35.5 Å². The fraction of sp³-hybridized carbons (Fsp3) is 0.750. The number of aliphatic carboxylic acids is 1. The first-order valence-corrected chi connectivity index (χ1v) is 16.6. The minimum atomic E-state index is -1.15. The molecule has 17 heteroatoms. The van der Waals surface area contributed by atoms with E-state index in [1.54, 1.807) is 6.92 Å². The number of carboxylic acid groups (broad SMARTS) is 1. The second-order valence-corrected chi connectivity index (χ2v) is 14.3. The number of β-lactam (4-membered cyclic amide) rings is 1. The van der Waals surface area contributed by atoms with Crippen LogP contribution in [-0.4, -0.2) is 144 Å². The number of hydrogen-bond donors (Lipinski definition) is 5. The van der Waals surface area contributed by atoms with Crippen LogP contribution in [-0.2, 0) is 25.7 Å². The van der Waals surface area contributed by atoms with Crippen molar-refractivity contribution in [2.75, 3.05) is 39.3 Å². The van der Waals surface area contributed by atoms with E-state index in [2.05, 4.69) is 31.1 Å². The molecule has 3 unspecified atom stereocenters. The van der Waals surface area contributed by atoms with Gasteiger partial charge in [-0.1, -0.05) is 6.92 Å². The van der Waals surface area contributed by atoms with Crippen LogP contribution in [0.2, 0.25) is 0 Å². The largest absolute Gasteiger partial charge is 0.477 e. The van der Waals surface area contributed by atoms with Crippen molar-refractivity contribution in [3.63, 3.8) is 0 Å². The molecule has 3 amide bonds. The summed E-state index contributed by atoms with van der Waals surface area (Å²) in [7, 11) is 0. The van der Waals surface area contributed by atoms with Gasteiger partial charge in [-0.25, -0.2) is 9.48 Å². The number of rotatable bonds is 11. The van der Waals surface area contributed by atoms with E-state index >= 15 is 0 Å². The Labute approximate surface area is 265 Å². The van der Waals surface area contributed by atoms with Crippen LogP contribution in [0.15, 0.2) is 16.9 Å². The Morgan fingerprint density at radius 1 is 1.27 bits per heavy atom. The average molecular weight is 647 g/mol. The van der Waals surface area contributed by atoms with E-state index in [1.807, 2.05) is 11.8 Å². The minimum absolute atomic E-state index is 0.00893. The summed E-state index contributed by atoms with van der Waals surface area (Å²) in [5.41, 5.74) is 5.60. The molecule has 5 aliphatic heterocycles. The smallest absolute Gasteiger partial charge is 0.353 e. The summed E-state index contributed by atoms with van der Waals surface area (Å²) in [4.78, 5) is 58.2. The molecule has 246 valence electrons. The van der Waals surface area contributed by atoms with Crippen molar-refractivity contribution in [3.8, 4) is 0 Å². The molecular formula is C28H42N10O6S. The Bertz CT molecular complexity index is 1340. The minimum Gasteiger partial charge on any atom is -0.477 e. The lowest BCUT2D eigenvalue weighted by molar-refractivity contribution is -0.158. The van der Waals surface area contributed by atoms with Crippen LogP contribution >= 0.6 is 11.8 Å². The lowest BCUT2D eigenvalue weighted by Gasteiger charge is -2.47. The number of tetrazole rings is 1. The normalized spacial score (nSPS) is 32.7. The topological polar surface area (TPSA) is 212 Å². The standard InChI is InChI=1S/C28H42N10O6S/c1-14-23-22(15(2)32-21(40)12-36-13-31-33-34-36)27(42)38(23)24(28(43)44)25(14)45-18-7-19(30-9-18)26(41)37-6-3-16-10-35(5-4-20(16)37)11-17(39)8-29/h13-20,22-23,30,39H,3-12,29H2,1-2H3,(H,32,40)(H,43,44)/t14-,15-,16?,17+,18+,19?,20?,22-,23-/m1/s1. The zero-order valence-corrected chi connectivity index (χ0v) is 26.3. The van der Waals surface area contributed by atoms with E-state index in [4.69, 9.17) is 5.73 Å². The number of aliphatic hydroxyl groups excluding tert-OH is 1. The van der Waals surface area contributed by atoms with E-state index in [0.717, 1.165) is 25.9 Å². The molecule has 0 radical (unpaired) electrons. The molecule has 45 heavy (non-hydrogen) atoms. The fourth-order valence-corrected chi connectivity index (χ4v) is 9.40. The Kier molecular flexibility index (Phi) is 9.16. The first-order chi connectivity index (χ1) is 21.6. The average Bonchev–Trinajstić information content (AvgIpc) is 3.80. The van der Waals surface area contributed by atoms with Crippen LogP contribution in [0.3, 0.4) is 0 Å². The molecule has 0 saturated carbocycles. The molecule has 6 rings (SSSR count). The van der Waals surface area contributed by atoms with E-state index in [-0.39, 0.29) is 65.8 Å². The van der Waals surface area contributed by atoms with Gasteiger partial charge in [0, 0.05) is 67.4 Å². The summed E-state index contributed by atoms with van der Waals surface area (Å²) in [6.07, 6.45) is 3.16. The van der Waals surface area contributed by atoms with Gasteiger partial charge >= 0.3 is 5.97 Å². The van der Waals surface area contributed by atoms with Gasteiger partial charge in [-0.15, -0.1) is 16.9 Å². The predicted molar refractivity (Wildman–Crippen MR) is 161 cm³/mol. The number of fused-ring (bicyclic) bond motifs is 2. The maximum atomic E-state index is 13.7. The Balaban J connectivity index is 1.05. The molecule has 16 nitrogen and oxygen atoms in total. The van der Waals surface area contributed by atoms with Crippen molar-refractivity contribution in [2.45, 2.75) is 75.2 Å². The fourth-order valence-electron chi connectivity index (χ4n) is 7.92. The second kappa shape index (κ2) is 12.9. The second-order valence-electron chi connectivity index (χ2n) is 12.9. The number of β-amino-alcohol motifs (C(OH)–C–C–N with tert-alkyl or cyclic N) is 1. The Morgan fingerprint density at radius 2 is 2.07 bits per heavy atom. The number of aliphatic hydroxyl groups is 1. The van der Waals surface area contributed by atoms with Crippen molar-refractivity contribution < 1.29 is 29.4 Å². The van der Waals surface area contributed by atoms with E-state index in [0.29, 0.717) is 36.9 Å². The van der Waals surface area contributed by atoms with Crippen LogP contribution < -0.4 is 16.4 Å². The van der Waals surface area contributed by atoms with Crippen LogP contribution in [0, 0.1) is 17.8 Å². The molecule has 9 atom stereocenters. The SMILES string of the molecule is C[C@@H](NC(=O)Cn1cnnn1)[C@H]1C(=O)N2C(C(=O)O)=C(S[C@@H]3CNC(C(=O)N4CCC5CN(C[C@@H](O)CN)CCC54)C3)[C@H](C)[C@H]12. The Morgan fingerprint density at radius 3 is 2.78 bits per heavy atom. The molecule has 4 fully saturated rings. The van der Waals surface area contributed by atoms with E-state index in [1.165, 1.54) is 27.7 Å². The summed E-state index contributed by atoms with van der Waals surface area (Å²) in [6, 6.07) is -1.04. The van der Waals surface area contributed by atoms with Gasteiger partial charge in [-0.3, -0.25) is 14.4 Å². The predicted octanol–water partition coefficient (Wildman–Crippen LogP) is -2.34. The lowest BCUT2D eigenvalue weighted by atomic mass is 9.78. The van der Waals surface area contributed by atoms with Crippen molar-refractivity contribution in [2.24, 2.45) is 23.5 Å². The highest BCUT2D eigenvalue weighted by Gasteiger charge is 2.60. The molecular weight excluding hydrogens is 604 g/mol. The van der Waals surface area contributed by atoms with Gasteiger partial charge < -0.3 is 41.3 Å². The summed E-state index contributed by atoms with van der Waals surface area (Å²) >= 11 is 1.45. The number of thioether (sulfide) groups is 1. The monoisotopic (exact) mass is 646 g/mol. The number of amides is 3. The molecule has 1 aromatic heterocycles. The van der Waals surface area contributed by atoms with Crippen LogP contribution in [0.1, 0.15) is 33.1 Å². The zero-order chi connectivity index (χ0) is 32.0. The van der Waals surface area contributed by atoms with Crippen LogP contribution in [0.5, 0.6) is 0 Å². The number of nitrogens with one attached hydrogen (secondary N) is 2. The van der Waals surface area contributed by atoms with E-state index < -0.39 is 24.0 Å². The molecule has 6 heterocycles. The molecule has 1 aromatic rings. The third-order valence-electron chi connectivity index (χ3n) is 10.0. The number of aromatic nitrogens is 4. The van der Waals surface area contributed by atoms with E-state index in [9.17, 15) is 29.4 Å². The highest BCUT2D eigenvalue weighted by atomic mass is 32.2. The van der Waals surface area contributed by atoms with Crippen molar-refractivity contribution in [1.82, 2.24) is 45.5 Å². The zero-order valence-electron chi connectivity index (χ0n) is 25.5. The van der Waals surface area contributed by atoms with Gasteiger partial charge in [0.15, 0.2) is 0 Å². The number of carboxylic acids is 1. The highest BCUT2D eigenvalue weighted by molar-refractivity contribution is 8.03. The molecule has 6 N–H and O–H groups in total. The van der Waals surface area contributed by atoms with Gasteiger partial charge in [-0.2, -0.15) is 0 Å². The number of piperidine rings is 1. The first-order valence-electron chi connectivity index (χ1n) is 15.7. The summed E-state index contributed by atoms with van der Waals surface area (Å²) in [5.74, 6) is -2.14. The number of carbonyl (C=O) groups excluding carboxylic acids is 3. The highest BCUT2D eigenvalue weighted by Crippen LogP contribution is 2.52. The molecule has 0 aromatic carbocycles. The Hall–Kier alpha value is -3.12. The molecule has 5 aliphatic rings. The van der Waals surface area contributed by atoms with Crippen molar-refractivity contribution in [1.29, 1.82) is 0 Å². The van der Waals surface area contributed by atoms with Crippen LogP contribution in [0.25, 0.3) is 0 Å². The maximum Gasteiger partial charge on any atom is 0.353 e. The number of nitrogens with zero attached hydrogens (tertiary/aromatic N) is 7. The lowest BCUT2D eigenvalue weighted by Crippen LogP contribution is -2.66. The third kappa shape index (κ3) is 6.07. The van der Waals surface area contributed by atoms with Gasteiger partial charge in [0.05, 0.1) is 24.1 Å². The van der Waals surface area contributed by atoms with Gasteiger partial charge in [0.2, 0.25) is 17.7 Å². The quantitative estimate of drug-likeness (QED) is 0.160. The summed E-state index contributed by atoms with van der Waals surface area (Å²) in [5, 5.41) is 37.0. The summed E-state index contributed by atoms with van der Waals surface area (Å²) < 4.78 is 1.28.